The number of hydrogen-bond donors (Lipinski definition) is 2. The standard InChI is InChI=1S/C21H17Cl2N5O3S/c1-12-9-14(3-4-17(12)23)32(29,30)28-18-10-13(22)11-26-20(18)19(27-31-2)15-5-7-24-21-16(15)6-8-25-21/h3-11,28H,1-2H3,(H,24,25)/b27-19+. The van der Waals surface area contributed by atoms with Gasteiger partial charge < -0.3 is 9.82 Å². The highest BCUT2D eigenvalue weighted by atomic mass is 35.5. The molecule has 0 fully saturated rings. The van der Waals surface area contributed by atoms with Gasteiger partial charge in [-0.3, -0.25) is 9.71 Å². The molecule has 4 aromatic rings. The first-order valence-electron chi connectivity index (χ1n) is 9.28. The van der Waals surface area contributed by atoms with Gasteiger partial charge >= 0.3 is 0 Å². The van der Waals surface area contributed by atoms with E-state index in [1.165, 1.54) is 37.6 Å². The largest absolute Gasteiger partial charge is 0.399 e. The molecule has 3 heterocycles. The molecule has 164 valence electrons. The van der Waals surface area contributed by atoms with Crippen molar-refractivity contribution in [3.8, 4) is 0 Å². The van der Waals surface area contributed by atoms with E-state index < -0.39 is 10.0 Å². The lowest BCUT2D eigenvalue weighted by Gasteiger charge is -2.15. The number of halogens is 2. The molecule has 0 aliphatic heterocycles. The van der Waals surface area contributed by atoms with E-state index in [1.54, 1.807) is 25.4 Å². The molecule has 0 aliphatic carbocycles. The van der Waals surface area contributed by atoms with Crippen LogP contribution in [0.15, 0.2) is 65.0 Å². The summed E-state index contributed by atoms with van der Waals surface area (Å²) >= 11 is 12.2. The fourth-order valence-corrected chi connectivity index (χ4v) is 4.59. The highest BCUT2D eigenvalue weighted by molar-refractivity contribution is 7.92. The molecule has 0 unspecified atom stereocenters. The third-order valence-electron chi connectivity index (χ3n) is 4.66. The monoisotopic (exact) mass is 489 g/mol. The number of nitrogens with one attached hydrogen (secondary N) is 2. The lowest BCUT2D eigenvalue weighted by molar-refractivity contribution is 0.214. The molecule has 0 atom stereocenters. The van der Waals surface area contributed by atoms with Crippen LogP contribution >= 0.6 is 23.2 Å². The second kappa shape index (κ2) is 8.78. The van der Waals surface area contributed by atoms with Gasteiger partial charge in [0, 0.05) is 34.6 Å². The molecule has 8 nitrogen and oxygen atoms in total. The summed E-state index contributed by atoms with van der Waals surface area (Å²) < 4.78 is 28.8. The van der Waals surface area contributed by atoms with E-state index in [0.717, 1.165) is 5.39 Å². The predicted molar refractivity (Wildman–Crippen MR) is 125 cm³/mol. The summed E-state index contributed by atoms with van der Waals surface area (Å²) in [5.74, 6) is 0. The van der Waals surface area contributed by atoms with Gasteiger partial charge in [-0.05, 0) is 48.9 Å². The Bertz CT molecular complexity index is 1450. The lowest BCUT2D eigenvalue weighted by atomic mass is 10.0. The molecule has 32 heavy (non-hydrogen) atoms. The molecule has 0 saturated carbocycles. The van der Waals surface area contributed by atoms with Crippen molar-refractivity contribution in [1.29, 1.82) is 0 Å². The number of fused-ring (bicyclic) bond motifs is 1. The van der Waals surface area contributed by atoms with Crippen molar-refractivity contribution in [2.24, 2.45) is 5.16 Å². The smallest absolute Gasteiger partial charge is 0.261 e. The number of hydrogen-bond acceptors (Lipinski definition) is 6. The van der Waals surface area contributed by atoms with Gasteiger partial charge in [0.1, 0.15) is 24.2 Å². The Hall–Kier alpha value is -3.14. The van der Waals surface area contributed by atoms with Crippen LogP contribution in [0.3, 0.4) is 0 Å². The summed E-state index contributed by atoms with van der Waals surface area (Å²) in [7, 11) is -2.58. The van der Waals surface area contributed by atoms with Crippen molar-refractivity contribution < 1.29 is 13.3 Å². The number of nitrogens with zero attached hydrogens (tertiary/aromatic N) is 3. The maximum atomic E-state index is 13.1. The first-order chi connectivity index (χ1) is 15.3. The van der Waals surface area contributed by atoms with Crippen molar-refractivity contribution >= 4 is 55.7 Å². The Kier molecular flexibility index (Phi) is 6.05. The number of aromatic amines is 1. The van der Waals surface area contributed by atoms with E-state index in [2.05, 4.69) is 24.8 Å². The number of sulfonamides is 1. The van der Waals surface area contributed by atoms with Gasteiger partial charge in [0.15, 0.2) is 0 Å². The predicted octanol–water partition coefficient (Wildman–Crippen LogP) is 4.77. The van der Waals surface area contributed by atoms with Gasteiger partial charge in [0.2, 0.25) is 0 Å². The molecule has 0 saturated heterocycles. The summed E-state index contributed by atoms with van der Waals surface area (Å²) in [6.07, 6.45) is 4.75. The third-order valence-corrected chi connectivity index (χ3v) is 6.65. The molecule has 2 N–H and O–H groups in total. The Labute approximate surface area is 194 Å². The van der Waals surface area contributed by atoms with Crippen LogP contribution in [0.1, 0.15) is 16.8 Å². The average molecular weight is 490 g/mol. The number of pyridine rings is 2. The molecule has 0 radical (unpaired) electrons. The number of aryl methyl sites for hydroxylation is 1. The summed E-state index contributed by atoms with van der Waals surface area (Å²) in [6.45, 7) is 1.72. The molecular formula is C21H17Cl2N5O3S. The second-order valence-electron chi connectivity index (χ2n) is 6.79. The van der Waals surface area contributed by atoms with Crippen molar-refractivity contribution in [2.45, 2.75) is 11.8 Å². The normalized spacial score (nSPS) is 12.2. The Morgan fingerprint density at radius 2 is 1.97 bits per heavy atom. The number of benzene rings is 1. The quantitative estimate of drug-likeness (QED) is 0.299. The summed E-state index contributed by atoms with van der Waals surface area (Å²) in [6, 6.07) is 9.47. The Morgan fingerprint density at radius 1 is 1.16 bits per heavy atom. The van der Waals surface area contributed by atoms with Gasteiger partial charge in [0.05, 0.1) is 15.6 Å². The molecule has 11 heteroatoms. The van der Waals surface area contributed by atoms with E-state index in [9.17, 15) is 8.42 Å². The number of oxime groups is 1. The highest BCUT2D eigenvalue weighted by Gasteiger charge is 2.23. The van der Waals surface area contributed by atoms with Crippen molar-refractivity contribution in [3.05, 3.63) is 81.9 Å². The van der Waals surface area contributed by atoms with E-state index in [-0.39, 0.29) is 21.3 Å². The van der Waals surface area contributed by atoms with E-state index >= 15 is 0 Å². The Balaban J connectivity index is 1.85. The molecular weight excluding hydrogens is 473 g/mol. The first-order valence-corrected chi connectivity index (χ1v) is 11.5. The van der Waals surface area contributed by atoms with Gasteiger partial charge in [-0.25, -0.2) is 13.4 Å². The zero-order valence-electron chi connectivity index (χ0n) is 16.9. The van der Waals surface area contributed by atoms with Crippen molar-refractivity contribution in [3.63, 3.8) is 0 Å². The van der Waals surface area contributed by atoms with Crippen LogP contribution in [-0.2, 0) is 14.9 Å². The average Bonchev–Trinajstić information content (AvgIpc) is 3.23. The molecule has 0 aliphatic rings. The van der Waals surface area contributed by atoms with E-state index in [4.69, 9.17) is 28.0 Å². The zero-order chi connectivity index (χ0) is 22.9. The van der Waals surface area contributed by atoms with Gasteiger partial charge in [-0.2, -0.15) is 0 Å². The van der Waals surface area contributed by atoms with Crippen molar-refractivity contribution in [1.82, 2.24) is 15.0 Å². The topological polar surface area (TPSA) is 109 Å². The van der Waals surface area contributed by atoms with Gasteiger partial charge in [-0.15, -0.1) is 0 Å². The molecule has 0 spiro atoms. The molecule has 0 amide bonds. The van der Waals surface area contributed by atoms with Crippen LogP contribution in [0.2, 0.25) is 10.0 Å². The molecule has 1 aromatic carbocycles. The Morgan fingerprint density at radius 3 is 2.72 bits per heavy atom. The number of H-pyrrole nitrogens is 1. The number of aromatic nitrogens is 3. The fraction of sp³-hybridized carbons (Fsp3) is 0.0952. The minimum Gasteiger partial charge on any atom is -0.399 e. The van der Waals surface area contributed by atoms with Crippen molar-refractivity contribution in [2.75, 3.05) is 11.8 Å². The van der Waals surface area contributed by atoms with E-state index in [0.29, 0.717) is 27.5 Å². The van der Waals surface area contributed by atoms with Crippen LogP contribution in [0, 0.1) is 6.92 Å². The summed E-state index contributed by atoms with van der Waals surface area (Å²) in [5.41, 5.74) is 2.60. The molecule has 3 aromatic heterocycles. The number of rotatable bonds is 6. The van der Waals surface area contributed by atoms with Crippen LogP contribution in [0.5, 0.6) is 0 Å². The minimum absolute atomic E-state index is 0.0486. The van der Waals surface area contributed by atoms with Gasteiger partial charge in [0.25, 0.3) is 10.0 Å². The molecule has 0 bridgehead atoms. The van der Waals surface area contributed by atoms with Crippen LogP contribution in [0.4, 0.5) is 5.69 Å². The maximum absolute atomic E-state index is 13.1. The zero-order valence-corrected chi connectivity index (χ0v) is 19.3. The SMILES string of the molecule is CO/N=C(/c1ncc(Cl)cc1NS(=O)(=O)c1ccc(Cl)c(C)c1)c1ccnc2[nH]ccc12. The van der Waals surface area contributed by atoms with Crippen LogP contribution in [0.25, 0.3) is 11.0 Å². The fourth-order valence-electron chi connectivity index (χ4n) is 3.17. The van der Waals surface area contributed by atoms with E-state index in [1.807, 2.05) is 6.07 Å². The summed E-state index contributed by atoms with van der Waals surface area (Å²) in [5, 5.41) is 5.61. The first kappa shape index (κ1) is 22.1. The van der Waals surface area contributed by atoms with Crippen LogP contribution in [-0.4, -0.2) is 36.2 Å². The minimum atomic E-state index is -3.98. The number of anilines is 1. The third kappa shape index (κ3) is 4.27. The molecule has 4 rings (SSSR count). The summed E-state index contributed by atoms with van der Waals surface area (Å²) in [4.78, 5) is 16.8. The maximum Gasteiger partial charge on any atom is 0.261 e. The lowest BCUT2D eigenvalue weighted by Crippen LogP contribution is -2.18. The van der Waals surface area contributed by atoms with Crippen LogP contribution < -0.4 is 4.72 Å². The second-order valence-corrected chi connectivity index (χ2v) is 9.31. The highest BCUT2D eigenvalue weighted by Crippen LogP contribution is 2.28. The van der Waals surface area contributed by atoms with Gasteiger partial charge in [-0.1, -0.05) is 28.4 Å².